The van der Waals surface area contributed by atoms with Crippen LogP contribution >= 0.6 is 23.2 Å². The first-order valence-corrected chi connectivity index (χ1v) is 19.3. The number of nitrogens with zero attached hydrogens (tertiary/aromatic N) is 1. The zero-order valence-electron chi connectivity index (χ0n) is 27.7. The molecule has 1 aliphatic heterocycles. The summed E-state index contributed by atoms with van der Waals surface area (Å²) in [5, 5.41) is 0.579. The molecule has 2 aromatic carbocycles. The Bertz CT molecular complexity index is 1860. The first-order chi connectivity index (χ1) is 24.3. The van der Waals surface area contributed by atoms with Crippen molar-refractivity contribution in [3.8, 4) is 17.2 Å². The number of hydrogen-bond donors (Lipinski definition) is 1. The van der Waals surface area contributed by atoms with Gasteiger partial charge in [0.05, 0.1) is 25.2 Å². The molecule has 1 amide bonds. The summed E-state index contributed by atoms with van der Waals surface area (Å²) in [6, 6.07) is 7.81. The lowest BCUT2D eigenvalue weighted by atomic mass is 10.0. The molecule has 0 bridgehead atoms. The third-order valence-corrected chi connectivity index (χ3v) is 10.1. The van der Waals surface area contributed by atoms with Gasteiger partial charge in [-0.2, -0.15) is 8.78 Å². The Labute approximate surface area is 304 Å². The number of pyridine rings is 1. The zero-order chi connectivity index (χ0) is 36.3. The summed E-state index contributed by atoms with van der Waals surface area (Å²) in [7, 11) is -3.62. The lowest BCUT2D eigenvalue weighted by Gasteiger charge is -2.27. The normalized spacial score (nSPS) is 18.0. The van der Waals surface area contributed by atoms with Crippen LogP contribution in [0.25, 0.3) is 0 Å². The third kappa shape index (κ3) is 9.92. The summed E-state index contributed by atoms with van der Waals surface area (Å²) in [4.78, 5) is 32.1. The average molecular weight is 770 g/mol. The fraction of sp³-hybridized carbons (Fsp3) is 0.457. The summed E-state index contributed by atoms with van der Waals surface area (Å²) in [6.07, 6.45) is 7.91. The highest BCUT2D eigenvalue weighted by Gasteiger charge is 2.38. The van der Waals surface area contributed by atoms with Gasteiger partial charge in [0.25, 0.3) is 5.91 Å². The molecule has 0 spiro atoms. The van der Waals surface area contributed by atoms with E-state index in [1.165, 1.54) is 53.7 Å². The van der Waals surface area contributed by atoms with Crippen molar-refractivity contribution < 1.29 is 50.7 Å². The molecule has 11 nitrogen and oxygen atoms in total. The van der Waals surface area contributed by atoms with Crippen molar-refractivity contribution >= 4 is 50.8 Å². The maximum atomic E-state index is 14.0. The van der Waals surface area contributed by atoms with Crippen molar-refractivity contribution in [2.75, 3.05) is 30.7 Å². The van der Waals surface area contributed by atoms with E-state index in [1.807, 2.05) is 0 Å². The number of esters is 1. The topological polar surface area (TPSA) is 135 Å². The zero-order valence-corrected chi connectivity index (χ0v) is 30.0. The highest BCUT2D eigenvalue weighted by molar-refractivity contribution is 7.92. The smallest absolute Gasteiger partial charge is 0.387 e. The van der Waals surface area contributed by atoms with Crippen LogP contribution in [0.15, 0.2) is 48.8 Å². The number of carbonyl (C=O) groups is 2. The first kappa shape index (κ1) is 36.9. The number of hydrogen-bond acceptors (Lipinski definition) is 8. The number of aromatic nitrogens is 1. The Balaban J connectivity index is 1.26. The number of anilines is 1. The Morgan fingerprint density at radius 1 is 0.941 bits per heavy atom. The van der Waals surface area contributed by atoms with Crippen LogP contribution in [0.1, 0.15) is 66.1 Å². The van der Waals surface area contributed by atoms with Crippen LogP contribution in [0.3, 0.4) is 0 Å². The summed E-state index contributed by atoms with van der Waals surface area (Å²) in [5.74, 6) is -0.324. The molecule has 2 heterocycles. The fourth-order valence-electron chi connectivity index (χ4n) is 5.80. The molecule has 3 aliphatic rings. The summed E-state index contributed by atoms with van der Waals surface area (Å²) < 4.78 is 75.5. The minimum atomic E-state index is -3.62. The van der Waals surface area contributed by atoms with Crippen LogP contribution in [-0.2, 0) is 26.0 Å². The molecule has 1 aromatic heterocycles. The van der Waals surface area contributed by atoms with Crippen LogP contribution in [0.4, 0.5) is 14.5 Å². The van der Waals surface area contributed by atoms with Crippen molar-refractivity contribution in [3.05, 3.63) is 75.5 Å². The Morgan fingerprint density at radius 2 is 1.61 bits per heavy atom. The predicted octanol–water partition coefficient (Wildman–Crippen LogP) is 6.49. The average Bonchev–Trinajstić information content (AvgIpc) is 4.02. The molecule has 2 aliphatic carbocycles. The molecule has 274 valence electrons. The van der Waals surface area contributed by atoms with Gasteiger partial charge in [-0.25, -0.2) is 18.2 Å². The Morgan fingerprint density at radius 3 is 2.24 bits per heavy atom. The van der Waals surface area contributed by atoms with Gasteiger partial charge < -0.3 is 23.8 Å². The van der Waals surface area contributed by atoms with Crippen molar-refractivity contribution in [1.29, 1.82) is 0 Å². The predicted molar refractivity (Wildman–Crippen MR) is 184 cm³/mol. The van der Waals surface area contributed by atoms with Crippen molar-refractivity contribution in [1.82, 2.24) is 4.90 Å². The largest absolute Gasteiger partial charge is 0.491 e. The molecule has 2 saturated carbocycles. The molecule has 16 heteroatoms. The highest BCUT2D eigenvalue weighted by Crippen LogP contribution is 2.39. The van der Waals surface area contributed by atoms with E-state index in [1.54, 1.807) is 0 Å². The van der Waals surface area contributed by atoms with Crippen LogP contribution in [0, 0.1) is 11.8 Å². The molecular weight excluding hydrogens is 731 g/mol. The van der Waals surface area contributed by atoms with Gasteiger partial charge in [-0.15, -0.1) is 0 Å². The number of alkyl halides is 2. The van der Waals surface area contributed by atoms with Crippen LogP contribution in [0.5, 0.6) is 17.2 Å². The van der Waals surface area contributed by atoms with Crippen molar-refractivity contribution in [2.24, 2.45) is 11.8 Å². The maximum Gasteiger partial charge on any atom is 0.387 e. The molecule has 0 radical (unpaired) electrons. The molecule has 0 unspecified atom stereocenters. The maximum absolute atomic E-state index is 14.0. The second kappa shape index (κ2) is 15.8. The lowest BCUT2D eigenvalue weighted by molar-refractivity contribution is -0.377. The second-order valence-electron chi connectivity index (χ2n) is 13.1. The van der Waals surface area contributed by atoms with Crippen molar-refractivity contribution in [2.45, 2.75) is 63.7 Å². The van der Waals surface area contributed by atoms with E-state index in [-0.39, 0.29) is 51.5 Å². The fourth-order valence-corrected chi connectivity index (χ4v) is 6.90. The third-order valence-electron chi connectivity index (χ3n) is 8.85. The van der Waals surface area contributed by atoms with Gasteiger partial charge in [-0.05, 0) is 86.3 Å². The van der Waals surface area contributed by atoms with E-state index >= 15 is 0 Å². The summed E-state index contributed by atoms with van der Waals surface area (Å²) >= 11 is 13.0. The van der Waals surface area contributed by atoms with Gasteiger partial charge in [0.15, 0.2) is 23.9 Å². The highest BCUT2D eigenvalue weighted by atomic mass is 35.5. The van der Waals surface area contributed by atoms with E-state index in [0.29, 0.717) is 49.0 Å². The number of rotatable bonds is 16. The van der Waals surface area contributed by atoms with Crippen LogP contribution in [-0.4, -0.2) is 63.9 Å². The first-order valence-electron chi connectivity index (χ1n) is 16.7. The van der Waals surface area contributed by atoms with Gasteiger partial charge in [0, 0.05) is 24.1 Å². The molecular formula is C35H38Cl2F2N3O8S+. The van der Waals surface area contributed by atoms with E-state index < -0.39 is 40.7 Å². The number of carbonyl (C=O) groups excluding carboxylic acids is 2. The second-order valence-corrected chi connectivity index (χ2v) is 15.7. The van der Waals surface area contributed by atoms with Crippen molar-refractivity contribution in [3.63, 3.8) is 0 Å². The number of nitrogens with one attached hydrogen (secondary N) is 2. The minimum Gasteiger partial charge on any atom is -0.491 e. The van der Waals surface area contributed by atoms with E-state index in [2.05, 4.69) is 9.71 Å². The van der Waals surface area contributed by atoms with Crippen LogP contribution in [0.2, 0.25) is 10.0 Å². The van der Waals surface area contributed by atoms with Gasteiger partial charge in [0.2, 0.25) is 10.0 Å². The molecule has 2 atom stereocenters. The Kier molecular flexibility index (Phi) is 11.4. The standard InChI is InChI=1S/C35H37Cl2F2N3O8S/c1-51(45,46)41-27-10-8-23(14-31(27)47-18-20-4-5-20)33(43)42-12-2-3-28(42)34(44)49-30(15-24-25(36)16-40-17-26(24)37)22-9-11-29(50-35(38)39)32(13-22)48-19-21-6-7-21/h8-11,13-14,16-17,20-21,28,30,35,41H,2-7,12,15,18-19H2,1H3/p+1/t28-,30-/m0/s1. The van der Waals surface area contributed by atoms with E-state index in [0.717, 1.165) is 31.9 Å². The Hall–Kier alpha value is -3.88. The van der Waals surface area contributed by atoms with Gasteiger partial charge in [-0.1, -0.05) is 29.3 Å². The summed E-state index contributed by atoms with van der Waals surface area (Å²) in [6.45, 7) is -2.11. The number of benzene rings is 2. The number of halogens is 4. The molecule has 1 saturated heterocycles. The van der Waals surface area contributed by atoms with Gasteiger partial charge in [-0.3, -0.25) is 9.52 Å². The minimum absolute atomic E-state index is 0.0202. The van der Waals surface area contributed by atoms with E-state index in [4.69, 9.17) is 42.1 Å². The lowest BCUT2D eigenvalue weighted by Crippen LogP contribution is -2.42. The number of sulfonamides is 1. The van der Waals surface area contributed by atoms with Gasteiger partial charge in [0.1, 0.15) is 27.9 Å². The van der Waals surface area contributed by atoms with E-state index in [9.17, 15) is 26.8 Å². The quantitative estimate of drug-likeness (QED) is 0.164. The number of H-pyrrole nitrogens is 1. The van der Waals surface area contributed by atoms with Crippen LogP contribution < -0.4 is 23.9 Å². The summed E-state index contributed by atoms with van der Waals surface area (Å²) in [5.41, 5.74) is 1.31. The number of ether oxygens (including phenoxy) is 4. The molecule has 6 rings (SSSR count). The number of aromatic amines is 1. The molecule has 2 N–H and O–H groups in total. The number of likely N-dealkylation sites (tertiary alicyclic amines) is 1. The molecule has 3 aromatic rings. The SMILES string of the molecule is CS(=O)(=O)Nc1ccc(C(=O)N2CCC[C@H]2C(=O)O[C@@H](Cc2c(Cl)c[nH+]cc2Cl)c2ccc(OC(F)F)c(OCC3CC3)c2)cc1OCC1CC1. The van der Waals surface area contributed by atoms with Gasteiger partial charge >= 0.3 is 12.6 Å². The molecule has 3 fully saturated rings. The monoisotopic (exact) mass is 768 g/mol. The molecule has 51 heavy (non-hydrogen) atoms. The number of amides is 1.